The van der Waals surface area contributed by atoms with Crippen molar-refractivity contribution in [2.75, 3.05) is 6.61 Å². The Balaban J connectivity index is 2.92. The summed E-state index contributed by atoms with van der Waals surface area (Å²) in [5, 5.41) is 11.3. The minimum atomic E-state index is -0.945. The van der Waals surface area contributed by atoms with Crippen LogP contribution in [0, 0.1) is 10.1 Å². The number of rotatable bonds is 9. The van der Waals surface area contributed by atoms with Crippen LogP contribution in [0.15, 0.2) is 18.3 Å². The number of nitrogens with one attached hydrogen (secondary N) is 1. The fraction of sp³-hybridized carbons (Fsp3) is 0.643. The zero-order chi connectivity index (χ0) is 15.0. The summed E-state index contributed by atoms with van der Waals surface area (Å²) in [5.41, 5.74) is 0.543. The van der Waals surface area contributed by atoms with Crippen LogP contribution in [0.1, 0.15) is 51.1 Å². The number of nitrogens with zero attached hydrogens (tertiary/aromatic N) is 1. The molecule has 1 N–H and O–H groups in total. The molecule has 1 rings (SSSR count). The second-order valence-electron chi connectivity index (χ2n) is 4.70. The highest BCUT2D eigenvalue weighted by molar-refractivity contribution is 5.78. The minimum absolute atomic E-state index is 0.218. The number of esters is 1. The van der Waals surface area contributed by atoms with Crippen molar-refractivity contribution >= 4 is 5.97 Å². The third-order valence-electron chi connectivity index (χ3n) is 3.26. The Morgan fingerprint density at radius 3 is 2.70 bits per heavy atom. The van der Waals surface area contributed by atoms with Crippen molar-refractivity contribution in [1.82, 2.24) is 4.98 Å². The van der Waals surface area contributed by atoms with Crippen LogP contribution in [0.25, 0.3) is 0 Å². The molecule has 0 aliphatic heterocycles. The van der Waals surface area contributed by atoms with Crippen molar-refractivity contribution < 1.29 is 14.5 Å². The predicted molar refractivity (Wildman–Crippen MR) is 75.1 cm³/mol. The molecule has 0 aliphatic carbocycles. The van der Waals surface area contributed by atoms with E-state index in [0.717, 1.165) is 19.3 Å². The highest BCUT2D eigenvalue weighted by atomic mass is 16.6. The Morgan fingerprint density at radius 1 is 1.45 bits per heavy atom. The monoisotopic (exact) mass is 282 g/mol. The quantitative estimate of drug-likeness (QED) is 0.326. The zero-order valence-corrected chi connectivity index (χ0v) is 12.0. The molecule has 0 fully saturated rings. The molecule has 0 bridgehead atoms. The maximum atomic E-state index is 12.1. The Hall–Kier alpha value is -1.85. The van der Waals surface area contributed by atoms with Crippen LogP contribution >= 0.6 is 0 Å². The number of ether oxygens (including phenoxy) is 1. The number of hydrogen-bond donors (Lipinski definition) is 1. The predicted octanol–water partition coefficient (Wildman–Crippen LogP) is 2.89. The first-order valence-electron chi connectivity index (χ1n) is 7.05. The van der Waals surface area contributed by atoms with Gasteiger partial charge < -0.3 is 9.72 Å². The molecule has 6 nitrogen and oxygen atoms in total. The van der Waals surface area contributed by atoms with Crippen molar-refractivity contribution in [2.24, 2.45) is 0 Å². The summed E-state index contributed by atoms with van der Waals surface area (Å²) in [5.74, 6) is -1.40. The molecular formula is C14H22N2O4. The molecule has 0 spiro atoms. The van der Waals surface area contributed by atoms with Crippen molar-refractivity contribution in [1.29, 1.82) is 0 Å². The number of aromatic amines is 1. The SMILES string of the molecule is CCCCC[C@@H]([C@H](C(=O)OCC)c1ccc[nH]1)[N+](=O)[O-]. The first kappa shape index (κ1) is 16.2. The average molecular weight is 282 g/mol. The smallest absolute Gasteiger partial charge is 0.322 e. The van der Waals surface area contributed by atoms with Crippen molar-refractivity contribution in [3.05, 3.63) is 34.1 Å². The molecule has 20 heavy (non-hydrogen) atoms. The van der Waals surface area contributed by atoms with E-state index in [0.29, 0.717) is 12.1 Å². The molecule has 1 aromatic heterocycles. The number of carbonyl (C=O) groups excluding carboxylic acids is 1. The lowest BCUT2D eigenvalue weighted by atomic mass is 9.92. The first-order valence-corrected chi connectivity index (χ1v) is 7.05. The summed E-state index contributed by atoms with van der Waals surface area (Å²) in [6.07, 6.45) is 4.67. The second kappa shape index (κ2) is 8.35. The van der Waals surface area contributed by atoms with Gasteiger partial charge in [-0.05, 0) is 25.5 Å². The summed E-state index contributed by atoms with van der Waals surface area (Å²) in [7, 11) is 0. The lowest BCUT2D eigenvalue weighted by Crippen LogP contribution is -2.34. The second-order valence-corrected chi connectivity index (χ2v) is 4.70. The van der Waals surface area contributed by atoms with Gasteiger partial charge in [-0.1, -0.05) is 19.8 Å². The highest BCUT2D eigenvalue weighted by Gasteiger charge is 2.39. The lowest BCUT2D eigenvalue weighted by Gasteiger charge is -2.18. The molecule has 1 heterocycles. The minimum Gasteiger partial charge on any atom is -0.465 e. The summed E-state index contributed by atoms with van der Waals surface area (Å²) in [6.45, 7) is 3.95. The van der Waals surface area contributed by atoms with Crippen LogP contribution in [-0.4, -0.2) is 28.5 Å². The molecule has 0 aromatic carbocycles. The fourth-order valence-corrected chi connectivity index (χ4v) is 2.26. The van der Waals surface area contributed by atoms with E-state index in [1.165, 1.54) is 0 Å². The third-order valence-corrected chi connectivity index (χ3v) is 3.26. The van der Waals surface area contributed by atoms with E-state index in [1.54, 1.807) is 25.3 Å². The number of unbranched alkanes of at least 4 members (excludes halogenated alkanes) is 2. The van der Waals surface area contributed by atoms with E-state index in [1.807, 2.05) is 6.92 Å². The molecule has 0 aliphatic rings. The standard InChI is InChI=1S/C14H22N2O4/c1-3-5-6-9-12(16(18)19)13(14(17)20-4-2)11-8-7-10-15-11/h7-8,10,12-13,15H,3-6,9H2,1-2H3/t12-,13+/m0/s1. The fourth-order valence-electron chi connectivity index (χ4n) is 2.26. The molecule has 0 saturated carbocycles. The summed E-state index contributed by atoms with van der Waals surface area (Å²) < 4.78 is 5.00. The third kappa shape index (κ3) is 4.36. The number of nitro groups is 1. The van der Waals surface area contributed by atoms with Gasteiger partial charge >= 0.3 is 5.97 Å². The topological polar surface area (TPSA) is 85.2 Å². The van der Waals surface area contributed by atoms with E-state index in [-0.39, 0.29) is 11.5 Å². The summed E-state index contributed by atoms with van der Waals surface area (Å²) in [6, 6.07) is 2.47. The van der Waals surface area contributed by atoms with Crippen molar-refractivity contribution in [3.63, 3.8) is 0 Å². The van der Waals surface area contributed by atoms with Gasteiger partial charge in [-0.2, -0.15) is 0 Å². The number of aromatic nitrogens is 1. The van der Waals surface area contributed by atoms with E-state index >= 15 is 0 Å². The molecule has 0 radical (unpaired) electrons. The molecular weight excluding hydrogens is 260 g/mol. The van der Waals surface area contributed by atoms with Crippen LogP contribution in [0.4, 0.5) is 0 Å². The Bertz CT molecular complexity index is 417. The number of carbonyl (C=O) groups is 1. The van der Waals surface area contributed by atoms with E-state index in [9.17, 15) is 14.9 Å². The van der Waals surface area contributed by atoms with Gasteiger partial charge in [0.15, 0.2) is 5.92 Å². The molecule has 6 heteroatoms. The van der Waals surface area contributed by atoms with E-state index in [2.05, 4.69) is 4.98 Å². The van der Waals surface area contributed by atoms with E-state index < -0.39 is 17.9 Å². The summed E-state index contributed by atoms with van der Waals surface area (Å²) >= 11 is 0. The number of hydrogen-bond acceptors (Lipinski definition) is 4. The Labute approximate surface area is 118 Å². The van der Waals surface area contributed by atoms with Gasteiger partial charge in [-0.3, -0.25) is 14.9 Å². The Kier molecular flexibility index (Phi) is 6.76. The maximum Gasteiger partial charge on any atom is 0.322 e. The molecule has 2 atom stereocenters. The lowest BCUT2D eigenvalue weighted by molar-refractivity contribution is -0.526. The van der Waals surface area contributed by atoms with Gasteiger partial charge in [0.1, 0.15) is 0 Å². The van der Waals surface area contributed by atoms with Gasteiger partial charge in [-0.25, -0.2) is 0 Å². The van der Waals surface area contributed by atoms with Gasteiger partial charge in [0.25, 0.3) is 0 Å². The summed E-state index contributed by atoms with van der Waals surface area (Å²) in [4.78, 5) is 25.9. The number of H-pyrrole nitrogens is 1. The van der Waals surface area contributed by atoms with Gasteiger partial charge in [0.05, 0.1) is 6.61 Å². The maximum absolute atomic E-state index is 12.1. The first-order chi connectivity index (χ1) is 9.61. The molecule has 1 aromatic rings. The molecule has 0 amide bonds. The van der Waals surface area contributed by atoms with E-state index in [4.69, 9.17) is 4.74 Å². The van der Waals surface area contributed by atoms with Gasteiger partial charge in [0.2, 0.25) is 6.04 Å². The highest BCUT2D eigenvalue weighted by Crippen LogP contribution is 2.26. The van der Waals surface area contributed by atoms with Gasteiger partial charge in [-0.15, -0.1) is 0 Å². The normalized spacial score (nSPS) is 13.7. The van der Waals surface area contributed by atoms with Crippen LogP contribution in [0.3, 0.4) is 0 Å². The largest absolute Gasteiger partial charge is 0.465 e. The van der Waals surface area contributed by atoms with Crippen molar-refractivity contribution in [3.8, 4) is 0 Å². The zero-order valence-electron chi connectivity index (χ0n) is 12.0. The molecule has 0 unspecified atom stereocenters. The van der Waals surface area contributed by atoms with Crippen LogP contribution in [0.2, 0.25) is 0 Å². The Morgan fingerprint density at radius 2 is 2.20 bits per heavy atom. The van der Waals surface area contributed by atoms with Crippen molar-refractivity contribution in [2.45, 2.75) is 51.5 Å². The van der Waals surface area contributed by atoms with Crippen LogP contribution in [-0.2, 0) is 9.53 Å². The average Bonchev–Trinajstić information content (AvgIpc) is 2.91. The van der Waals surface area contributed by atoms with Crippen LogP contribution in [0.5, 0.6) is 0 Å². The van der Waals surface area contributed by atoms with Crippen LogP contribution < -0.4 is 0 Å². The molecule has 0 saturated heterocycles. The van der Waals surface area contributed by atoms with Gasteiger partial charge in [0, 0.05) is 23.2 Å². The molecule has 112 valence electrons.